The zero-order chi connectivity index (χ0) is 62.6. The van der Waals surface area contributed by atoms with E-state index in [-0.39, 0.29) is 0 Å². The number of benzene rings is 9. The fourth-order valence-corrected chi connectivity index (χ4v) is 13.1. The van der Waals surface area contributed by atoms with Crippen molar-refractivity contribution >= 4 is 55.7 Å². The van der Waals surface area contributed by atoms with E-state index < -0.39 is 0 Å². The van der Waals surface area contributed by atoms with Gasteiger partial charge in [-0.3, -0.25) is 9.80 Å². The molecule has 3 aromatic heterocycles. The maximum Gasteiger partial charge on any atom is 0.183 e. The van der Waals surface area contributed by atoms with Crippen LogP contribution >= 0.6 is 22.7 Å². The number of aromatic nitrogens is 2. The van der Waals surface area contributed by atoms with Crippen LogP contribution < -0.4 is 28.7 Å². The highest BCUT2D eigenvalue weighted by molar-refractivity contribution is 7.14. The van der Waals surface area contributed by atoms with E-state index in [2.05, 4.69) is 279 Å². The van der Waals surface area contributed by atoms with Crippen molar-refractivity contribution in [3.8, 4) is 112 Å². The Labute approximate surface area is 550 Å². The summed E-state index contributed by atoms with van der Waals surface area (Å²) in [6.45, 7) is 11.6. The first kappa shape index (κ1) is 61.1. The van der Waals surface area contributed by atoms with E-state index >= 15 is 0 Å². The molecular weight excluding hydrogens is 1170 g/mol. The summed E-state index contributed by atoms with van der Waals surface area (Å²) in [7, 11) is 0. The lowest BCUT2D eigenvalue weighted by Gasteiger charge is -2.38. The van der Waals surface area contributed by atoms with Gasteiger partial charge in [0.05, 0.1) is 49.2 Å². The van der Waals surface area contributed by atoms with Crippen molar-refractivity contribution in [2.75, 3.05) is 36.2 Å². The van der Waals surface area contributed by atoms with Crippen LogP contribution in [-0.4, -0.2) is 36.4 Å². The standard InChI is InChI=1S/C82H76N4O4S2/c1-5-9-49-87-69-41-33-61(34-42-69)57-17-25-65(26-18-57)73-55-75-76(56-74(73)66-27-19-58(20-28-66)62-35-43-70(44-36-62)88-50-10-6-2)86(78-16-14-54-92-78)82-81(85(75)77-15-13-53-91-77)83-79(67-29-21-59(22-30-67)63-37-45-71(46-38-63)89-51-11-7-3)80(84-82)68-31-23-60(24-32-68)64-39-47-72(48-40-64)90-52-12-8-4/h13-48,53-56H,5-12,49-52H2,1-4H3. The molecule has 0 bridgehead atoms. The zero-order valence-corrected chi connectivity index (χ0v) is 54.5. The summed E-state index contributed by atoms with van der Waals surface area (Å²) >= 11 is 3.38. The van der Waals surface area contributed by atoms with E-state index in [4.69, 9.17) is 28.9 Å². The van der Waals surface area contributed by atoms with E-state index in [0.717, 1.165) is 197 Å². The van der Waals surface area contributed by atoms with Crippen LogP contribution in [0.1, 0.15) is 79.1 Å². The van der Waals surface area contributed by atoms with Gasteiger partial charge >= 0.3 is 0 Å². The fraction of sp³-hybridized carbons (Fsp3) is 0.195. The molecule has 10 heteroatoms. The number of fused-ring (bicyclic) bond motifs is 2. The minimum Gasteiger partial charge on any atom is -0.494 e. The van der Waals surface area contributed by atoms with Gasteiger partial charge in [-0.2, -0.15) is 0 Å². The molecule has 0 N–H and O–H groups in total. The number of rotatable bonds is 26. The highest BCUT2D eigenvalue weighted by Gasteiger charge is 2.37. The summed E-state index contributed by atoms with van der Waals surface area (Å²) in [4.78, 5) is 16.5. The summed E-state index contributed by atoms with van der Waals surface area (Å²) in [5.74, 6) is 5.01. The molecule has 0 aliphatic carbocycles. The van der Waals surface area contributed by atoms with Gasteiger partial charge in [-0.05, 0) is 188 Å². The smallest absolute Gasteiger partial charge is 0.183 e. The molecule has 0 saturated carbocycles. The third-order valence-electron chi connectivity index (χ3n) is 16.9. The minimum absolute atomic E-state index is 0.711. The summed E-state index contributed by atoms with van der Waals surface area (Å²) in [6, 6.07) is 82.7. The van der Waals surface area contributed by atoms with Gasteiger partial charge in [0.1, 0.15) is 33.0 Å². The van der Waals surface area contributed by atoms with E-state index in [1.165, 1.54) is 0 Å². The third kappa shape index (κ3) is 13.6. The van der Waals surface area contributed by atoms with E-state index in [1.807, 2.05) is 0 Å². The Balaban J connectivity index is 0.961. The maximum absolute atomic E-state index is 6.05. The molecule has 1 aliphatic heterocycles. The molecule has 0 spiro atoms. The first-order valence-electron chi connectivity index (χ1n) is 32.6. The van der Waals surface area contributed by atoms with Crippen molar-refractivity contribution in [2.24, 2.45) is 0 Å². The topological polar surface area (TPSA) is 69.2 Å². The second-order valence-corrected chi connectivity index (χ2v) is 25.1. The number of anilines is 6. The van der Waals surface area contributed by atoms with Crippen LogP contribution in [-0.2, 0) is 0 Å². The number of thiophene rings is 2. The monoisotopic (exact) mass is 1240 g/mol. The molecule has 0 saturated heterocycles. The first-order valence-corrected chi connectivity index (χ1v) is 34.3. The Morgan fingerprint density at radius 2 is 0.533 bits per heavy atom. The lowest BCUT2D eigenvalue weighted by atomic mass is 9.90. The highest BCUT2D eigenvalue weighted by atomic mass is 32.1. The molecule has 1 aliphatic rings. The van der Waals surface area contributed by atoms with Crippen LogP contribution in [0.25, 0.3) is 89.3 Å². The van der Waals surface area contributed by atoms with Gasteiger partial charge in [-0.25, -0.2) is 9.97 Å². The number of hydrogen-bond donors (Lipinski definition) is 0. The Bertz CT molecular complexity index is 3800. The van der Waals surface area contributed by atoms with Gasteiger partial charge in [0.15, 0.2) is 11.6 Å². The summed E-state index contributed by atoms with van der Waals surface area (Å²) in [6.07, 6.45) is 8.49. The molecule has 13 rings (SSSR count). The van der Waals surface area contributed by atoms with Crippen LogP contribution in [0.15, 0.2) is 241 Å². The highest BCUT2D eigenvalue weighted by Crippen LogP contribution is 2.58. The van der Waals surface area contributed by atoms with Gasteiger partial charge < -0.3 is 18.9 Å². The van der Waals surface area contributed by atoms with Crippen molar-refractivity contribution in [1.82, 2.24) is 9.97 Å². The molecule has 0 unspecified atom stereocenters. The van der Waals surface area contributed by atoms with Crippen molar-refractivity contribution in [2.45, 2.75) is 79.1 Å². The van der Waals surface area contributed by atoms with Crippen LogP contribution in [0, 0.1) is 0 Å². The number of hydrogen-bond acceptors (Lipinski definition) is 10. The van der Waals surface area contributed by atoms with Crippen molar-refractivity contribution in [3.63, 3.8) is 0 Å². The van der Waals surface area contributed by atoms with Crippen molar-refractivity contribution in [3.05, 3.63) is 241 Å². The molecular formula is C82H76N4O4S2. The number of nitrogens with zero attached hydrogens (tertiary/aromatic N) is 4. The van der Waals surface area contributed by atoms with Crippen molar-refractivity contribution < 1.29 is 18.9 Å². The van der Waals surface area contributed by atoms with Gasteiger partial charge in [-0.1, -0.05) is 199 Å². The molecule has 460 valence electrons. The molecule has 0 radical (unpaired) electrons. The number of unbranched alkanes of at least 4 members (excludes halogenated alkanes) is 4. The molecule has 8 nitrogen and oxygen atoms in total. The minimum atomic E-state index is 0.711. The van der Waals surface area contributed by atoms with Gasteiger partial charge in [0, 0.05) is 11.1 Å². The lowest BCUT2D eigenvalue weighted by Crippen LogP contribution is -2.26. The molecule has 0 atom stereocenters. The average Bonchev–Trinajstić information content (AvgIpc) is 0.981. The predicted molar refractivity (Wildman–Crippen MR) is 386 cm³/mol. The van der Waals surface area contributed by atoms with Crippen molar-refractivity contribution in [1.29, 1.82) is 0 Å². The second kappa shape index (κ2) is 29.0. The fourth-order valence-electron chi connectivity index (χ4n) is 11.6. The summed E-state index contributed by atoms with van der Waals surface area (Å²) < 4.78 is 24.2. The molecule has 92 heavy (non-hydrogen) atoms. The Morgan fingerprint density at radius 3 is 0.772 bits per heavy atom. The molecule has 4 heterocycles. The second-order valence-electron chi connectivity index (χ2n) is 23.2. The lowest BCUT2D eigenvalue weighted by molar-refractivity contribution is 0.309. The van der Waals surface area contributed by atoms with Crippen LogP contribution in [0.2, 0.25) is 0 Å². The van der Waals surface area contributed by atoms with E-state index in [9.17, 15) is 0 Å². The maximum atomic E-state index is 6.05. The summed E-state index contributed by atoms with van der Waals surface area (Å²) in [5, 5.41) is 6.34. The average molecular weight is 1250 g/mol. The Morgan fingerprint density at radius 1 is 0.293 bits per heavy atom. The third-order valence-corrected chi connectivity index (χ3v) is 18.6. The van der Waals surface area contributed by atoms with Gasteiger partial charge in [0.25, 0.3) is 0 Å². The van der Waals surface area contributed by atoms with Gasteiger partial charge in [-0.15, -0.1) is 22.7 Å². The normalized spacial score (nSPS) is 11.7. The SMILES string of the molecule is CCCCOc1ccc(-c2ccc(-c3cc4c(cc3-c3ccc(-c5ccc(OCCCC)cc5)cc3)N(c3cccs3)c3nc(-c5ccc(-c6ccc(OCCCC)cc6)cc5)c(-c5ccc(-c6ccc(OCCCC)cc6)cc5)nc3N4c3cccs3)cc2)cc1. The Kier molecular flexibility index (Phi) is 19.3. The summed E-state index contributed by atoms with van der Waals surface area (Å²) in [5.41, 5.74) is 18.8. The van der Waals surface area contributed by atoms with Gasteiger partial charge in [0.2, 0.25) is 0 Å². The van der Waals surface area contributed by atoms with Crippen LogP contribution in [0.4, 0.5) is 33.0 Å². The Hall–Kier alpha value is -9.74. The molecule has 9 aromatic carbocycles. The zero-order valence-electron chi connectivity index (χ0n) is 52.8. The van der Waals surface area contributed by atoms with Crippen LogP contribution in [0.3, 0.4) is 0 Å². The predicted octanol–water partition coefficient (Wildman–Crippen LogP) is 23.9. The quantitative estimate of drug-likeness (QED) is 0.0497. The number of ether oxygens (including phenoxy) is 4. The first-order chi connectivity index (χ1) is 45.4. The largest absolute Gasteiger partial charge is 0.494 e. The molecule has 0 fully saturated rings. The van der Waals surface area contributed by atoms with Crippen LogP contribution in [0.5, 0.6) is 23.0 Å². The van der Waals surface area contributed by atoms with E-state index in [1.54, 1.807) is 22.7 Å². The molecule has 12 aromatic rings. The molecule has 0 amide bonds. The van der Waals surface area contributed by atoms with E-state index in [0.29, 0.717) is 26.4 Å².